The molecule has 0 atom stereocenters. The molecule has 5 nitrogen and oxygen atoms in total. The lowest BCUT2D eigenvalue weighted by molar-refractivity contribution is 0.0342. The van der Waals surface area contributed by atoms with Crippen LogP contribution in [0, 0.1) is 0 Å². The van der Waals surface area contributed by atoms with Crippen LogP contribution in [-0.4, -0.2) is 43.7 Å². The first-order valence-electron chi connectivity index (χ1n) is 9.30. The molecule has 2 aromatic carbocycles. The molecule has 1 amide bonds. The van der Waals surface area contributed by atoms with Crippen LogP contribution in [-0.2, 0) is 17.7 Å². The number of nitrogens with zero attached hydrogens (tertiary/aromatic N) is 2. The van der Waals surface area contributed by atoms with Gasteiger partial charge in [0, 0.05) is 43.1 Å². The van der Waals surface area contributed by atoms with Gasteiger partial charge in [-0.3, -0.25) is 9.69 Å². The predicted octanol–water partition coefficient (Wildman–Crippen LogP) is 3.54. The summed E-state index contributed by atoms with van der Waals surface area (Å²) in [5.41, 5.74) is 10.9. The van der Waals surface area contributed by atoms with Crippen LogP contribution in [0.1, 0.15) is 27.9 Å². The molecule has 28 heavy (non-hydrogen) atoms. The van der Waals surface area contributed by atoms with Crippen LogP contribution in [0.15, 0.2) is 42.5 Å². The smallest absolute Gasteiger partial charge is 0.258 e. The molecular weight excluding hydrogens is 397 g/mol. The minimum Gasteiger partial charge on any atom is -0.398 e. The Kier molecular flexibility index (Phi) is 8.13. The molecule has 0 aliphatic carbocycles. The third-order valence-electron chi connectivity index (χ3n) is 5.22. The van der Waals surface area contributed by atoms with Crippen molar-refractivity contribution in [3.63, 3.8) is 0 Å². The van der Waals surface area contributed by atoms with E-state index in [0.29, 0.717) is 0 Å². The molecule has 7 heteroatoms. The monoisotopic (exact) mass is 423 g/mol. The summed E-state index contributed by atoms with van der Waals surface area (Å²) in [5, 5.41) is 0. The number of morpholine rings is 1. The van der Waals surface area contributed by atoms with Crippen molar-refractivity contribution >= 4 is 42.1 Å². The molecule has 2 aliphatic heterocycles. The fraction of sp³-hybridized carbons (Fsp3) is 0.381. The summed E-state index contributed by atoms with van der Waals surface area (Å²) in [7, 11) is 0. The van der Waals surface area contributed by atoms with E-state index in [1.54, 1.807) is 0 Å². The largest absolute Gasteiger partial charge is 0.398 e. The first-order valence-corrected chi connectivity index (χ1v) is 9.30. The molecule has 1 saturated heterocycles. The molecule has 0 saturated carbocycles. The summed E-state index contributed by atoms with van der Waals surface area (Å²) in [6, 6.07) is 13.8. The van der Waals surface area contributed by atoms with E-state index < -0.39 is 0 Å². The van der Waals surface area contributed by atoms with Crippen molar-refractivity contribution in [1.29, 1.82) is 0 Å². The van der Waals surface area contributed by atoms with Crippen molar-refractivity contribution in [2.45, 2.75) is 19.4 Å². The van der Waals surface area contributed by atoms with Crippen LogP contribution in [0.2, 0.25) is 0 Å². The third-order valence-corrected chi connectivity index (χ3v) is 5.22. The molecule has 2 aliphatic rings. The number of nitrogen functional groups attached to an aromatic ring is 1. The van der Waals surface area contributed by atoms with E-state index >= 15 is 0 Å². The summed E-state index contributed by atoms with van der Waals surface area (Å²) in [4.78, 5) is 17.4. The fourth-order valence-corrected chi connectivity index (χ4v) is 3.84. The second-order valence-electron chi connectivity index (χ2n) is 6.99. The van der Waals surface area contributed by atoms with Gasteiger partial charge < -0.3 is 15.4 Å². The lowest BCUT2D eigenvalue weighted by Crippen LogP contribution is -2.36. The average Bonchev–Trinajstić information content (AvgIpc) is 2.68. The van der Waals surface area contributed by atoms with Gasteiger partial charge in [0.15, 0.2) is 0 Å². The summed E-state index contributed by atoms with van der Waals surface area (Å²) in [5.74, 6) is 0.0559. The number of amides is 1. The number of carbonyl (C=O) groups is 1. The summed E-state index contributed by atoms with van der Waals surface area (Å²) >= 11 is 0. The van der Waals surface area contributed by atoms with Crippen molar-refractivity contribution in [1.82, 2.24) is 4.90 Å². The number of benzene rings is 2. The van der Waals surface area contributed by atoms with Gasteiger partial charge in [-0.1, -0.05) is 18.2 Å². The number of fused-ring (bicyclic) bond motifs is 1. The summed E-state index contributed by atoms with van der Waals surface area (Å²) < 4.78 is 5.41. The van der Waals surface area contributed by atoms with E-state index in [1.165, 1.54) is 5.56 Å². The lowest BCUT2D eigenvalue weighted by atomic mass is 9.98. The minimum absolute atomic E-state index is 0. The van der Waals surface area contributed by atoms with Crippen molar-refractivity contribution < 1.29 is 9.53 Å². The SMILES string of the molecule is Cl.Cl.Nc1cccc2c1CCCN2C(=O)c1cccc(CN2CCOCC2)c1. The van der Waals surface area contributed by atoms with Gasteiger partial charge in [-0.25, -0.2) is 0 Å². The van der Waals surface area contributed by atoms with Crippen LogP contribution in [0.25, 0.3) is 0 Å². The zero-order chi connectivity index (χ0) is 17.9. The Labute approximate surface area is 178 Å². The molecule has 152 valence electrons. The fourth-order valence-electron chi connectivity index (χ4n) is 3.84. The molecule has 4 rings (SSSR count). The van der Waals surface area contributed by atoms with Gasteiger partial charge in [0.2, 0.25) is 0 Å². The highest BCUT2D eigenvalue weighted by molar-refractivity contribution is 6.07. The molecule has 0 radical (unpaired) electrons. The van der Waals surface area contributed by atoms with Crippen LogP contribution < -0.4 is 10.6 Å². The topological polar surface area (TPSA) is 58.8 Å². The molecular formula is C21H27Cl2N3O2. The van der Waals surface area contributed by atoms with E-state index in [4.69, 9.17) is 10.5 Å². The van der Waals surface area contributed by atoms with Gasteiger partial charge in [0.25, 0.3) is 5.91 Å². The van der Waals surface area contributed by atoms with E-state index in [9.17, 15) is 4.79 Å². The standard InChI is InChI=1S/C21H25N3O2.2ClH/c22-19-7-2-8-20-18(19)6-3-9-24(20)21(25)17-5-1-4-16(14-17)15-23-10-12-26-13-11-23;;/h1-2,4-5,7-8,14H,3,6,9-13,15,22H2;2*1H. The van der Waals surface area contributed by atoms with Gasteiger partial charge in [0.05, 0.1) is 13.2 Å². The van der Waals surface area contributed by atoms with E-state index in [-0.39, 0.29) is 30.7 Å². The number of ether oxygens (including phenoxy) is 1. The highest BCUT2D eigenvalue weighted by atomic mass is 35.5. The van der Waals surface area contributed by atoms with Crippen LogP contribution in [0.5, 0.6) is 0 Å². The summed E-state index contributed by atoms with van der Waals surface area (Å²) in [6.07, 6.45) is 1.88. The van der Waals surface area contributed by atoms with Crippen LogP contribution >= 0.6 is 24.8 Å². The van der Waals surface area contributed by atoms with Crippen molar-refractivity contribution in [3.8, 4) is 0 Å². The maximum atomic E-state index is 13.2. The van der Waals surface area contributed by atoms with Crippen LogP contribution in [0.3, 0.4) is 0 Å². The average molecular weight is 424 g/mol. The van der Waals surface area contributed by atoms with Gasteiger partial charge >= 0.3 is 0 Å². The number of halogens is 2. The van der Waals surface area contributed by atoms with E-state index in [0.717, 1.165) is 74.7 Å². The van der Waals surface area contributed by atoms with Crippen LogP contribution in [0.4, 0.5) is 11.4 Å². The highest BCUT2D eigenvalue weighted by Crippen LogP contribution is 2.32. The first-order chi connectivity index (χ1) is 12.7. The number of hydrogen-bond donors (Lipinski definition) is 1. The van der Waals surface area contributed by atoms with Gasteiger partial charge in [-0.05, 0) is 48.2 Å². The molecule has 2 heterocycles. The Bertz CT molecular complexity index is 810. The Morgan fingerprint density at radius 2 is 1.79 bits per heavy atom. The minimum atomic E-state index is 0. The molecule has 0 aromatic heterocycles. The quantitative estimate of drug-likeness (QED) is 0.766. The third kappa shape index (κ3) is 4.78. The second kappa shape index (κ2) is 10.1. The van der Waals surface area contributed by atoms with E-state index in [1.807, 2.05) is 41.3 Å². The zero-order valence-corrected chi connectivity index (χ0v) is 17.4. The Hall–Kier alpha value is -1.79. The first kappa shape index (κ1) is 22.5. The predicted molar refractivity (Wildman–Crippen MR) is 118 cm³/mol. The molecule has 0 spiro atoms. The number of anilines is 2. The highest BCUT2D eigenvalue weighted by Gasteiger charge is 2.25. The number of carbonyl (C=O) groups excluding carboxylic acids is 1. The molecule has 0 unspecified atom stereocenters. The Morgan fingerprint density at radius 1 is 1.04 bits per heavy atom. The summed E-state index contributed by atoms with van der Waals surface area (Å²) in [6.45, 7) is 5.04. The molecule has 1 fully saturated rings. The molecule has 2 N–H and O–H groups in total. The zero-order valence-electron chi connectivity index (χ0n) is 15.8. The van der Waals surface area contributed by atoms with Crippen molar-refractivity contribution in [2.75, 3.05) is 43.5 Å². The number of hydrogen-bond acceptors (Lipinski definition) is 4. The Morgan fingerprint density at radius 3 is 2.57 bits per heavy atom. The van der Waals surface area contributed by atoms with E-state index in [2.05, 4.69) is 11.0 Å². The van der Waals surface area contributed by atoms with Crippen molar-refractivity contribution in [2.24, 2.45) is 0 Å². The van der Waals surface area contributed by atoms with Crippen molar-refractivity contribution in [3.05, 3.63) is 59.2 Å². The Balaban J connectivity index is 0.00000140. The van der Waals surface area contributed by atoms with Gasteiger partial charge in [-0.2, -0.15) is 0 Å². The normalized spacial score (nSPS) is 16.5. The number of nitrogens with two attached hydrogens (primary N) is 1. The lowest BCUT2D eigenvalue weighted by Gasteiger charge is -2.30. The molecule has 2 aromatic rings. The van der Waals surface area contributed by atoms with Gasteiger partial charge in [-0.15, -0.1) is 24.8 Å². The number of rotatable bonds is 3. The maximum absolute atomic E-state index is 13.2. The van der Waals surface area contributed by atoms with Gasteiger partial charge in [0.1, 0.15) is 0 Å². The maximum Gasteiger partial charge on any atom is 0.258 e. The molecule has 0 bridgehead atoms. The second-order valence-corrected chi connectivity index (χ2v) is 6.99.